The Morgan fingerprint density at radius 2 is 2.06 bits per heavy atom. The lowest BCUT2D eigenvalue weighted by atomic mass is 9.97. The van der Waals surface area contributed by atoms with Crippen LogP contribution in [0.5, 0.6) is 0 Å². The van der Waals surface area contributed by atoms with Gasteiger partial charge in [-0.05, 0) is 25.0 Å². The zero-order valence-electron chi connectivity index (χ0n) is 10.5. The molecule has 2 rings (SSSR count). The second kappa shape index (κ2) is 4.71. The third kappa shape index (κ3) is 2.02. The highest BCUT2D eigenvalue weighted by Crippen LogP contribution is 2.35. The van der Waals surface area contributed by atoms with Gasteiger partial charge in [0.15, 0.2) is 5.82 Å². The smallest absolute Gasteiger partial charge is 0.150 e. The Morgan fingerprint density at radius 1 is 1.39 bits per heavy atom. The summed E-state index contributed by atoms with van der Waals surface area (Å²) in [6, 6.07) is 2.93. The van der Waals surface area contributed by atoms with E-state index in [1.807, 2.05) is 20.8 Å². The molecule has 0 bridgehead atoms. The second-order valence-corrected chi connectivity index (χ2v) is 5.01. The molecule has 0 aliphatic rings. The highest BCUT2D eigenvalue weighted by molar-refractivity contribution is 6.31. The van der Waals surface area contributed by atoms with Crippen LogP contribution in [0.25, 0.3) is 10.9 Å². The fourth-order valence-corrected chi connectivity index (χ4v) is 2.49. The third-order valence-corrected chi connectivity index (χ3v) is 3.18. The zero-order chi connectivity index (χ0) is 13.4. The molecule has 0 atom stereocenters. The van der Waals surface area contributed by atoms with Gasteiger partial charge in [0, 0.05) is 21.7 Å². The van der Waals surface area contributed by atoms with Gasteiger partial charge in [0.1, 0.15) is 5.52 Å². The molecule has 5 heteroatoms. The van der Waals surface area contributed by atoms with Gasteiger partial charge < -0.3 is 5.43 Å². The number of anilines is 1. The van der Waals surface area contributed by atoms with Gasteiger partial charge in [0.05, 0.1) is 5.69 Å². The number of pyridine rings is 1. The summed E-state index contributed by atoms with van der Waals surface area (Å²) >= 11 is 5.89. The lowest BCUT2D eigenvalue weighted by Crippen LogP contribution is -2.13. The number of hydrogen-bond donors (Lipinski definition) is 2. The number of hydrogen-bond acceptors (Lipinski definition) is 3. The molecule has 18 heavy (non-hydrogen) atoms. The minimum Gasteiger partial charge on any atom is -0.323 e. The average Bonchev–Trinajstić information content (AvgIpc) is 2.28. The van der Waals surface area contributed by atoms with E-state index in [4.69, 9.17) is 17.4 Å². The van der Waals surface area contributed by atoms with E-state index in [0.717, 1.165) is 11.3 Å². The lowest BCUT2D eigenvalue weighted by molar-refractivity contribution is 0.636. The Bertz CT molecular complexity index is 611. The number of hydrazine groups is 1. The van der Waals surface area contributed by atoms with Crippen LogP contribution in [0.1, 0.15) is 31.0 Å². The Balaban J connectivity index is 2.94. The van der Waals surface area contributed by atoms with Gasteiger partial charge >= 0.3 is 0 Å². The largest absolute Gasteiger partial charge is 0.323 e. The van der Waals surface area contributed by atoms with E-state index in [0.29, 0.717) is 16.1 Å². The van der Waals surface area contributed by atoms with E-state index in [-0.39, 0.29) is 11.4 Å². The number of nitrogens with zero attached hydrogens (tertiary/aromatic N) is 1. The molecule has 0 aliphatic heterocycles. The Labute approximate surface area is 110 Å². The van der Waals surface area contributed by atoms with Crippen molar-refractivity contribution in [1.29, 1.82) is 0 Å². The number of nitrogen functional groups attached to an aromatic ring is 1. The van der Waals surface area contributed by atoms with Crippen molar-refractivity contribution in [2.45, 2.75) is 26.7 Å². The van der Waals surface area contributed by atoms with Gasteiger partial charge in [0.2, 0.25) is 0 Å². The summed E-state index contributed by atoms with van der Waals surface area (Å²) in [6.45, 7) is 5.93. The maximum absolute atomic E-state index is 13.9. The first-order valence-electron chi connectivity index (χ1n) is 5.71. The van der Waals surface area contributed by atoms with Crippen LogP contribution < -0.4 is 11.3 Å². The maximum atomic E-state index is 13.9. The molecule has 0 saturated heterocycles. The number of benzene rings is 1. The Hall–Kier alpha value is -1.39. The minimum atomic E-state index is -0.438. The minimum absolute atomic E-state index is 0.231. The number of nitrogens with two attached hydrogens (primary N) is 1. The van der Waals surface area contributed by atoms with Crippen molar-refractivity contribution in [3.05, 3.63) is 34.2 Å². The molecular formula is C13H15ClFN3. The standard InChI is InChI=1S/C13H15ClFN3/c1-6(2)11-7(3)17-12-9(13(11)18-16)4-8(14)5-10(12)15/h4-6H,16H2,1-3H3,(H,17,18). The molecule has 96 valence electrons. The topological polar surface area (TPSA) is 50.9 Å². The Kier molecular flexibility index (Phi) is 3.41. The summed E-state index contributed by atoms with van der Waals surface area (Å²) in [7, 11) is 0. The molecule has 1 aromatic heterocycles. The van der Waals surface area contributed by atoms with Crippen molar-refractivity contribution < 1.29 is 4.39 Å². The van der Waals surface area contributed by atoms with E-state index in [1.54, 1.807) is 6.07 Å². The van der Waals surface area contributed by atoms with E-state index >= 15 is 0 Å². The maximum Gasteiger partial charge on any atom is 0.150 e. The predicted octanol–water partition coefficient (Wildman–Crippen LogP) is 3.74. The number of rotatable bonds is 2. The fourth-order valence-electron chi connectivity index (χ4n) is 2.29. The van der Waals surface area contributed by atoms with Crippen LogP contribution in [-0.4, -0.2) is 4.98 Å². The summed E-state index contributed by atoms with van der Waals surface area (Å²) in [4.78, 5) is 4.32. The molecule has 2 aromatic rings. The van der Waals surface area contributed by atoms with Crippen molar-refractivity contribution in [2.24, 2.45) is 5.84 Å². The second-order valence-electron chi connectivity index (χ2n) is 4.57. The van der Waals surface area contributed by atoms with E-state index in [2.05, 4.69) is 10.4 Å². The predicted molar refractivity (Wildman–Crippen MR) is 73.3 cm³/mol. The number of aryl methyl sites for hydroxylation is 1. The third-order valence-electron chi connectivity index (χ3n) is 2.96. The first-order valence-corrected chi connectivity index (χ1v) is 6.09. The Morgan fingerprint density at radius 3 is 2.61 bits per heavy atom. The summed E-state index contributed by atoms with van der Waals surface area (Å²) in [5.74, 6) is 5.37. The van der Waals surface area contributed by atoms with Crippen LogP contribution >= 0.6 is 11.6 Å². The average molecular weight is 268 g/mol. The zero-order valence-corrected chi connectivity index (χ0v) is 11.3. The molecule has 0 spiro atoms. The SMILES string of the molecule is Cc1nc2c(F)cc(Cl)cc2c(NN)c1C(C)C. The molecule has 0 radical (unpaired) electrons. The van der Waals surface area contributed by atoms with Gasteiger partial charge in [-0.15, -0.1) is 0 Å². The van der Waals surface area contributed by atoms with Gasteiger partial charge in [-0.1, -0.05) is 25.4 Å². The highest BCUT2D eigenvalue weighted by atomic mass is 35.5. The highest BCUT2D eigenvalue weighted by Gasteiger charge is 2.17. The molecule has 0 aliphatic carbocycles. The molecule has 3 N–H and O–H groups in total. The van der Waals surface area contributed by atoms with E-state index in [9.17, 15) is 4.39 Å². The summed E-state index contributed by atoms with van der Waals surface area (Å²) < 4.78 is 13.9. The first-order chi connectivity index (χ1) is 8.45. The van der Waals surface area contributed by atoms with Crippen LogP contribution in [-0.2, 0) is 0 Å². The molecule has 0 fully saturated rings. The van der Waals surface area contributed by atoms with Crippen LogP contribution in [0.2, 0.25) is 5.02 Å². The molecule has 1 heterocycles. The van der Waals surface area contributed by atoms with Gasteiger partial charge in [-0.25, -0.2) is 9.37 Å². The normalized spacial score (nSPS) is 11.3. The van der Waals surface area contributed by atoms with Gasteiger partial charge in [-0.2, -0.15) is 0 Å². The van der Waals surface area contributed by atoms with Gasteiger partial charge in [-0.3, -0.25) is 5.84 Å². The van der Waals surface area contributed by atoms with Crippen molar-refractivity contribution in [2.75, 3.05) is 5.43 Å². The molecular weight excluding hydrogens is 253 g/mol. The van der Waals surface area contributed by atoms with Crippen LogP contribution in [0.15, 0.2) is 12.1 Å². The summed E-state index contributed by atoms with van der Waals surface area (Å²) in [5, 5.41) is 0.939. The van der Waals surface area contributed by atoms with Crippen LogP contribution in [0.4, 0.5) is 10.1 Å². The van der Waals surface area contributed by atoms with Crippen LogP contribution in [0, 0.1) is 12.7 Å². The van der Waals surface area contributed by atoms with E-state index in [1.165, 1.54) is 6.07 Å². The number of fused-ring (bicyclic) bond motifs is 1. The number of halogens is 2. The monoisotopic (exact) mass is 267 g/mol. The fraction of sp³-hybridized carbons (Fsp3) is 0.308. The van der Waals surface area contributed by atoms with E-state index < -0.39 is 5.82 Å². The van der Waals surface area contributed by atoms with Crippen LogP contribution in [0.3, 0.4) is 0 Å². The quantitative estimate of drug-likeness (QED) is 0.644. The summed E-state index contributed by atoms with van der Waals surface area (Å²) in [5.41, 5.74) is 5.37. The van der Waals surface area contributed by atoms with Crippen molar-refractivity contribution in [3.63, 3.8) is 0 Å². The number of aromatic nitrogens is 1. The number of nitrogens with one attached hydrogen (secondary N) is 1. The van der Waals surface area contributed by atoms with Crippen molar-refractivity contribution in [1.82, 2.24) is 4.98 Å². The molecule has 3 nitrogen and oxygen atoms in total. The van der Waals surface area contributed by atoms with Crippen molar-refractivity contribution in [3.8, 4) is 0 Å². The molecule has 0 saturated carbocycles. The van der Waals surface area contributed by atoms with Gasteiger partial charge in [0.25, 0.3) is 0 Å². The molecule has 1 aromatic carbocycles. The van der Waals surface area contributed by atoms with Crippen molar-refractivity contribution >= 4 is 28.2 Å². The molecule has 0 amide bonds. The molecule has 0 unspecified atom stereocenters. The summed E-state index contributed by atoms with van der Waals surface area (Å²) in [6.07, 6.45) is 0. The first kappa shape index (κ1) is 13.1. The lowest BCUT2D eigenvalue weighted by Gasteiger charge is -2.17.